The molecule has 21 rings (SSSR count). The van der Waals surface area contributed by atoms with E-state index < -0.39 is 0 Å². The molecule has 0 aliphatic carbocycles. The highest BCUT2D eigenvalue weighted by atomic mass is 14.8. The average molecular weight is 1330 g/mol. The van der Waals surface area contributed by atoms with Crippen LogP contribution in [-0.2, 0) is 0 Å². The van der Waals surface area contributed by atoms with E-state index >= 15 is 0 Å². The van der Waals surface area contributed by atoms with Gasteiger partial charge in [-0.3, -0.25) is 24.9 Å². The minimum absolute atomic E-state index is 0.852. The Hall–Kier alpha value is -14.2. The molecule has 482 valence electrons. The van der Waals surface area contributed by atoms with Crippen LogP contribution in [0.1, 0.15) is 0 Å². The lowest BCUT2D eigenvalue weighted by Gasteiger charge is -2.11. The van der Waals surface area contributed by atoms with Gasteiger partial charge in [0.25, 0.3) is 0 Å². The van der Waals surface area contributed by atoms with Gasteiger partial charge in [-0.05, 0) is 158 Å². The van der Waals surface area contributed by atoms with Gasteiger partial charge < -0.3 is 0 Å². The van der Waals surface area contributed by atoms with Crippen molar-refractivity contribution >= 4 is 120 Å². The van der Waals surface area contributed by atoms with E-state index in [2.05, 4.69) is 270 Å². The number of nitrogens with zero attached hydrogens (tertiary/aromatic N) is 10. The molecule has 10 heterocycles. The molecule has 0 bridgehead atoms. The lowest BCUT2D eigenvalue weighted by atomic mass is 9.95. The summed E-state index contributed by atoms with van der Waals surface area (Å²) in [6.07, 6.45) is 9.32. The van der Waals surface area contributed by atoms with Gasteiger partial charge in [-0.1, -0.05) is 206 Å². The number of hydrogen-bond donors (Lipinski definition) is 0. The molecule has 104 heavy (non-hydrogen) atoms. The highest BCUT2D eigenvalue weighted by Gasteiger charge is 2.16. The van der Waals surface area contributed by atoms with Gasteiger partial charge in [0.15, 0.2) is 0 Å². The molecular weight excluding hydrogens is 1270 g/mol. The third kappa shape index (κ3) is 11.0. The molecule has 0 saturated heterocycles. The summed E-state index contributed by atoms with van der Waals surface area (Å²) in [4.78, 5) is 48.7. The summed E-state index contributed by atoms with van der Waals surface area (Å²) in [5.74, 6) is 0. The monoisotopic (exact) mass is 1320 g/mol. The second-order valence-corrected chi connectivity index (χ2v) is 26.4. The van der Waals surface area contributed by atoms with E-state index in [-0.39, 0.29) is 0 Å². The van der Waals surface area contributed by atoms with E-state index in [0.29, 0.717) is 0 Å². The zero-order chi connectivity index (χ0) is 68.6. The number of benzene rings is 11. The van der Waals surface area contributed by atoms with Crippen molar-refractivity contribution in [3.05, 3.63) is 340 Å². The summed E-state index contributed by atoms with van der Waals surface area (Å²) in [5, 5.41) is 15.6. The normalized spacial score (nSPS) is 11.7. The number of hydrogen-bond acceptors (Lipinski definition) is 10. The number of fused-ring (bicyclic) bond motifs is 13. The smallest absolute Gasteiger partial charge is 0.0972 e. The van der Waals surface area contributed by atoms with Crippen LogP contribution in [0.3, 0.4) is 0 Å². The van der Waals surface area contributed by atoms with Crippen molar-refractivity contribution in [1.29, 1.82) is 0 Å². The van der Waals surface area contributed by atoms with Crippen LogP contribution in [0.2, 0.25) is 0 Å². The van der Waals surface area contributed by atoms with Gasteiger partial charge in [0.05, 0.1) is 84.0 Å². The molecule has 0 amide bonds. The van der Waals surface area contributed by atoms with E-state index in [1.54, 1.807) is 0 Å². The second-order valence-electron chi connectivity index (χ2n) is 26.4. The Morgan fingerprint density at radius 3 is 1.06 bits per heavy atom. The van der Waals surface area contributed by atoms with Crippen LogP contribution in [0.15, 0.2) is 340 Å². The molecule has 11 aromatic carbocycles. The Morgan fingerprint density at radius 1 is 0.163 bits per heavy atom. The number of aromatic nitrogens is 10. The molecule has 0 saturated carbocycles. The zero-order valence-electron chi connectivity index (χ0n) is 55.8. The Morgan fingerprint density at radius 2 is 0.500 bits per heavy atom. The molecule has 0 aliphatic heterocycles. The van der Waals surface area contributed by atoms with E-state index in [9.17, 15) is 0 Å². The van der Waals surface area contributed by atoms with E-state index in [0.717, 1.165) is 199 Å². The van der Waals surface area contributed by atoms with Crippen LogP contribution < -0.4 is 0 Å². The maximum Gasteiger partial charge on any atom is 0.0972 e. The Bertz CT molecular complexity index is 7080. The summed E-state index contributed by atoms with van der Waals surface area (Å²) >= 11 is 0. The molecule has 10 heteroatoms. The van der Waals surface area contributed by atoms with E-state index in [1.807, 2.05) is 85.6 Å². The predicted molar refractivity (Wildman–Crippen MR) is 427 cm³/mol. The molecule has 21 aromatic rings. The standard InChI is InChI=1S/C49H29N5.C45H27N5/c1-2-5-41-29-51-47(27-34(41)4-1)44-22-18-31-8-15-40(28-46(31)53-44)42-20-17-30-7-11-38(26-45(30)52-42)36-12-13-37-25-39(16-14-35(37)24-36)43-21-19-33-10-9-32-6-3-23-50-48(32)49(33)54-43;1-2-6-36-27-48-43(25-32(36)5-1)40-20-18-31-14-16-34(26-42(31)50-40)39-19-17-30-13-15-33(24-41(30)49-39)28-9-11-29(12-10-28)38-23-35-7-3-21-46-44(35)45-37(38)8-4-22-47-45/h1-29H;1-27H. The highest BCUT2D eigenvalue weighted by molar-refractivity contribution is 6.10. The minimum atomic E-state index is 0.852. The van der Waals surface area contributed by atoms with Crippen LogP contribution in [0.5, 0.6) is 0 Å². The van der Waals surface area contributed by atoms with E-state index in [1.165, 1.54) is 10.8 Å². The summed E-state index contributed by atoms with van der Waals surface area (Å²) in [7, 11) is 0. The van der Waals surface area contributed by atoms with Gasteiger partial charge in [0.2, 0.25) is 0 Å². The van der Waals surface area contributed by atoms with Crippen molar-refractivity contribution in [2.45, 2.75) is 0 Å². The first-order valence-electron chi connectivity index (χ1n) is 34.7. The van der Waals surface area contributed by atoms with Crippen molar-refractivity contribution in [3.63, 3.8) is 0 Å². The average Bonchev–Trinajstić information content (AvgIpc) is 0.729. The van der Waals surface area contributed by atoms with Gasteiger partial charge in [-0.15, -0.1) is 0 Å². The topological polar surface area (TPSA) is 129 Å². The van der Waals surface area contributed by atoms with Gasteiger partial charge in [0, 0.05) is 102 Å². The Labute approximate surface area is 596 Å². The largest absolute Gasteiger partial charge is 0.254 e. The van der Waals surface area contributed by atoms with Crippen LogP contribution >= 0.6 is 0 Å². The summed E-state index contributed by atoms with van der Waals surface area (Å²) < 4.78 is 0. The molecule has 0 aliphatic rings. The van der Waals surface area contributed by atoms with Gasteiger partial charge >= 0.3 is 0 Å². The Balaban J connectivity index is 0.000000139. The van der Waals surface area contributed by atoms with Crippen LogP contribution in [0.4, 0.5) is 0 Å². The van der Waals surface area contributed by atoms with Crippen molar-refractivity contribution in [1.82, 2.24) is 49.8 Å². The molecule has 0 unspecified atom stereocenters. The first-order chi connectivity index (χ1) is 51.4. The van der Waals surface area contributed by atoms with Gasteiger partial charge in [0.1, 0.15) is 0 Å². The van der Waals surface area contributed by atoms with Crippen LogP contribution in [0.25, 0.3) is 209 Å². The summed E-state index contributed by atoms with van der Waals surface area (Å²) in [6, 6.07) is 108. The summed E-state index contributed by atoms with van der Waals surface area (Å²) in [5.41, 5.74) is 23.6. The molecule has 10 nitrogen and oxygen atoms in total. The number of pyridine rings is 10. The second kappa shape index (κ2) is 24.9. The highest BCUT2D eigenvalue weighted by Crippen LogP contribution is 2.38. The van der Waals surface area contributed by atoms with Crippen LogP contribution in [-0.4, -0.2) is 49.8 Å². The minimum Gasteiger partial charge on any atom is -0.254 e. The third-order valence-corrected chi connectivity index (χ3v) is 20.0. The van der Waals surface area contributed by atoms with Crippen molar-refractivity contribution < 1.29 is 0 Å². The molecule has 0 N–H and O–H groups in total. The van der Waals surface area contributed by atoms with Gasteiger partial charge in [-0.25, -0.2) is 24.9 Å². The fraction of sp³-hybridized carbons (Fsp3) is 0. The third-order valence-electron chi connectivity index (χ3n) is 20.0. The van der Waals surface area contributed by atoms with Crippen molar-refractivity contribution in [2.75, 3.05) is 0 Å². The van der Waals surface area contributed by atoms with Crippen molar-refractivity contribution in [2.24, 2.45) is 0 Å². The van der Waals surface area contributed by atoms with E-state index in [4.69, 9.17) is 34.9 Å². The van der Waals surface area contributed by atoms with Gasteiger partial charge in [-0.2, -0.15) is 0 Å². The zero-order valence-corrected chi connectivity index (χ0v) is 55.8. The first-order valence-corrected chi connectivity index (χ1v) is 34.7. The number of rotatable bonds is 8. The maximum absolute atomic E-state index is 5.15. The molecular formula is C94H56N10. The molecule has 10 aromatic heterocycles. The quantitative estimate of drug-likeness (QED) is 0.136. The van der Waals surface area contributed by atoms with Crippen molar-refractivity contribution in [3.8, 4) is 89.9 Å². The van der Waals surface area contributed by atoms with Crippen LogP contribution in [0, 0.1) is 0 Å². The fourth-order valence-corrected chi connectivity index (χ4v) is 14.5. The fourth-order valence-electron chi connectivity index (χ4n) is 14.5. The molecule has 0 atom stereocenters. The summed E-state index contributed by atoms with van der Waals surface area (Å²) in [6.45, 7) is 0. The SMILES string of the molecule is c1ccc2cc(-c3ccc4ccc(-c5ccc6ccc(-c7ccc(-c8cc9cccnc9c9ncccc89)cc7)cc6n5)cc4n3)ncc2c1.c1ccc2cc(-c3ccc4ccc(-c5ccc6ccc(-c7ccc8cc(-c9ccc%10ccc%11cccnc%11c%10n9)ccc8c7)cc6n5)cc4n3)ncc2c1. The predicted octanol–water partition coefficient (Wildman–Crippen LogP) is 23.3. The lowest BCUT2D eigenvalue weighted by molar-refractivity contribution is 1.29. The molecule has 0 radical (unpaired) electrons. The first kappa shape index (κ1) is 59.8. The molecule has 0 fully saturated rings. The maximum atomic E-state index is 5.15. The molecule has 0 spiro atoms. The Kier molecular flexibility index (Phi) is 14.3. The lowest BCUT2D eigenvalue weighted by Crippen LogP contribution is -1.91.